The zero-order chi connectivity index (χ0) is 14.8. The monoisotopic (exact) mass is 312 g/mol. The van der Waals surface area contributed by atoms with Gasteiger partial charge in [-0.1, -0.05) is 30.4 Å². The Labute approximate surface area is 124 Å². The van der Waals surface area contributed by atoms with Crippen molar-refractivity contribution in [3.63, 3.8) is 0 Å². The summed E-state index contributed by atoms with van der Waals surface area (Å²) >= 11 is 6.05. The summed E-state index contributed by atoms with van der Waals surface area (Å²) in [4.78, 5) is 0.0945. The van der Waals surface area contributed by atoms with E-state index in [0.29, 0.717) is 11.5 Å². The summed E-state index contributed by atoms with van der Waals surface area (Å²) in [6.07, 6.45) is 1.74. The van der Waals surface area contributed by atoms with Gasteiger partial charge in [-0.05, 0) is 37.0 Å². The van der Waals surface area contributed by atoms with Crippen LogP contribution < -0.4 is 10.5 Å². The lowest BCUT2D eigenvalue weighted by molar-refractivity contribution is 0.270. The van der Waals surface area contributed by atoms with Crippen molar-refractivity contribution in [1.29, 1.82) is 0 Å². The third kappa shape index (κ3) is 3.53. The highest BCUT2D eigenvalue weighted by molar-refractivity contribution is 7.89. The molecule has 20 heavy (non-hydrogen) atoms. The number of rotatable bonds is 3. The van der Waals surface area contributed by atoms with E-state index in [1.54, 1.807) is 12.1 Å². The van der Waals surface area contributed by atoms with Gasteiger partial charge in [0, 0.05) is 11.6 Å². The molecule has 1 aromatic carbocycles. The van der Waals surface area contributed by atoms with E-state index in [2.05, 4.69) is 23.5 Å². The zero-order valence-electron chi connectivity index (χ0n) is 11.2. The molecule has 0 unspecified atom stereocenters. The van der Waals surface area contributed by atoms with Crippen LogP contribution in [0.2, 0.25) is 5.02 Å². The summed E-state index contributed by atoms with van der Waals surface area (Å²) in [7, 11) is -3.57. The number of hydrogen-bond acceptors (Lipinski definition) is 3. The molecule has 1 aromatic rings. The highest BCUT2D eigenvalue weighted by Crippen LogP contribution is 2.29. The molecular formula is C14H17ClN2O2S. The van der Waals surface area contributed by atoms with E-state index in [1.165, 1.54) is 6.07 Å². The fourth-order valence-corrected chi connectivity index (χ4v) is 4.04. The Morgan fingerprint density at radius 1 is 1.45 bits per heavy atom. The van der Waals surface area contributed by atoms with Gasteiger partial charge in [0.2, 0.25) is 10.0 Å². The van der Waals surface area contributed by atoms with Crippen LogP contribution >= 0.6 is 11.6 Å². The minimum atomic E-state index is -3.57. The molecule has 108 valence electrons. The molecule has 0 radical (unpaired) electrons. The number of sulfonamides is 1. The lowest BCUT2D eigenvalue weighted by Crippen LogP contribution is -2.43. The van der Waals surface area contributed by atoms with E-state index >= 15 is 0 Å². The van der Waals surface area contributed by atoms with Gasteiger partial charge in [0.1, 0.15) is 4.90 Å². The van der Waals surface area contributed by atoms with Gasteiger partial charge in [-0.2, -0.15) is 0 Å². The molecule has 0 amide bonds. The van der Waals surface area contributed by atoms with Crippen LogP contribution in [-0.4, -0.2) is 21.0 Å². The lowest BCUT2D eigenvalue weighted by Gasteiger charge is -2.32. The van der Waals surface area contributed by atoms with Gasteiger partial charge in [-0.25, -0.2) is 13.1 Å². The first-order valence-electron chi connectivity index (χ1n) is 6.43. The smallest absolute Gasteiger partial charge is 0.242 e. The van der Waals surface area contributed by atoms with Gasteiger partial charge < -0.3 is 5.73 Å². The Kier molecular flexibility index (Phi) is 4.71. The summed E-state index contributed by atoms with van der Waals surface area (Å²) < 4.78 is 27.1. The number of hydrogen-bond donors (Lipinski definition) is 2. The van der Waals surface area contributed by atoms with Crippen molar-refractivity contribution >= 4 is 21.6 Å². The van der Waals surface area contributed by atoms with Crippen molar-refractivity contribution in [1.82, 2.24) is 4.72 Å². The van der Waals surface area contributed by atoms with E-state index < -0.39 is 10.0 Å². The molecule has 1 aliphatic carbocycles. The molecule has 1 aliphatic rings. The van der Waals surface area contributed by atoms with Gasteiger partial charge in [0.05, 0.1) is 11.6 Å². The van der Waals surface area contributed by atoms with Crippen LogP contribution in [0, 0.1) is 17.8 Å². The highest BCUT2D eigenvalue weighted by Gasteiger charge is 2.30. The second-order valence-electron chi connectivity index (χ2n) is 5.05. The largest absolute Gasteiger partial charge is 0.320 e. The fourth-order valence-electron chi connectivity index (χ4n) is 2.23. The van der Waals surface area contributed by atoms with E-state index in [4.69, 9.17) is 17.3 Å². The molecule has 2 rings (SSSR count). The van der Waals surface area contributed by atoms with Crippen molar-refractivity contribution in [3.8, 4) is 11.8 Å². The topological polar surface area (TPSA) is 72.2 Å². The maximum absolute atomic E-state index is 12.2. The minimum absolute atomic E-state index is 0.0165. The fraction of sp³-hybridized carbons (Fsp3) is 0.429. The Hall–Kier alpha value is -1.06. The maximum Gasteiger partial charge on any atom is 0.242 e. The van der Waals surface area contributed by atoms with Gasteiger partial charge in [-0.15, -0.1) is 0 Å². The molecule has 0 saturated heterocycles. The van der Waals surface area contributed by atoms with Crippen LogP contribution in [0.4, 0.5) is 0 Å². The van der Waals surface area contributed by atoms with Gasteiger partial charge in [0.25, 0.3) is 0 Å². The third-order valence-electron chi connectivity index (χ3n) is 3.25. The van der Waals surface area contributed by atoms with Gasteiger partial charge >= 0.3 is 0 Å². The van der Waals surface area contributed by atoms with Crippen LogP contribution in [0.1, 0.15) is 25.3 Å². The summed E-state index contributed by atoms with van der Waals surface area (Å²) in [5.74, 6) is 6.09. The maximum atomic E-state index is 12.2. The number of nitrogens with one attached hydrogen (secondary N) is 1. The van der Waals surface area contributed by atoms with Gasteiger partial charge in [0.15, 0.2) is 0 Å². The predicted molar refractivity (Wildman–Crippen MR) is 79.9 cm³/mol. The highest BCUT2D eigenvalue weighted by atomic mass is 35.5. The first-order chi connectivity index (χ1) is 9.42. The average Bonchev–Trinajstić information content (AvgIpc) is 2.34. The van der Waals surface area contributed by atoms with Crippen LogP contribution in [0.15, 0.2) is 23.1 Å². The molecular weight excluding hydrogens is 296 g/mol. The quantitative estimate of drug-likeness (QED) is 0.835. The van der Waals surface area contributed by atoms with Crippen molar-refractivity contribution in [2.24, 2.45) is 11.7 Å². The Balaban J connectivity index is 2.19. The van der Waals surface area contributed by atoms with Crippen LogP contribution in [-0.2, 0) is 10.0 Å². The second kappa shape index (κ2) is 6.15. The van der Waals surface area contributed by atoms with Crippen molar-refractivity contribution in [3.05, 3.63) is 28.8 Å². The summed E-state index contributed by atoms with van der Waals surface area (Å²) in [6.45, 7) is 2.35. The molecule has 0 aromatic heterocycles. The van der Waals surface area contributed by atoms with Gasteiger partial charge in [-0.3, -0.25) is 0 Å². The van der Waals surface area contributed by atoms with Crippen LogP contribution in [0.25, 0.3) is 0 Å². The molecule has 4 nitrogen and oxygen atoms in total. The summed E-state index contributed by atoms with van der Waals surface area (Å²) in [6, 6.07) is 4.67. The molecule has 0 bridgehead atoms. The van der Waals surface area contributed by atoms with Crippen molar-refractivity contribution < 1.29 is 8.42 Å². The molecule has 0 atom stereocenters. The molecule has 0 aliphatic heterocycles. The van der Waals surface area contributed by atoms with E-state index in [9.17, 15) is 8.42 Å². The first kappa shape index (κ1) is 15.3. The molecule has 3 N–H and O–H groups in total. The standard InChI is InChI=1S/C14H17ClN2O2S/c1-10-7-12(8-10)17-20(18,19)14-5-4-11(3-2-6-16)9-13(14)15/h4-5,9-10,12,17H,6-8,16H2,1H3. The molecule has 1 fully saturated rings. The molecule has 6 heteroatoms. The molecule has 0 heterocycles. The normalized spacial score (nSPS) is 21.8. The van der Waals surface area contributed by atoms with E-state index in [0.717, 1.165) is 12.8 Å². The number of nitrogens with two attached hydrogens (primary N) is 1. The molecule has 0 spiro atoms. The Bertz CT molecular complexity index is 655. The van der Waals surface area contributed by atoms with Crippen LogP contribution in [0.5, 0.6) is 0 Å². The first-order valence-corrected chi connectivity index (χ1v) is 8.29. The van der Waals surface area contributed by atoms with Crippen molar-refractivity contribution in [2.75, 3.05) is 6.54 Å². The minimum Gasteiger partial charge on any atom is -0.320 e. The third-order valence-corrected chi connectivity index (χ3v) is 5.26. The molecule has 1 saturated carbocycles. The number of benzene rings is 1. The SMILES string of the molecule is CC1CC(NS(=O)(=O)c2ccc(C#CCN)cc2Cl)C1. The summed E-state index contributed by atoms with van der Waals surface area (Å²) in [5.41, 5.74) is 5.94. The Morgan fingerprint density at radius 3 is 2.70 bits per heavy atom. The van der Waals surface area contributed by atoms with Crippen LogP contribution in [0.3, 0.4) is 0 Å². The van der Waals surface area contributed by atoms with E-state index in [1.807, 2.05) is 0 Å². The van der Waals surface area contributed by atoms with Crippen molar-refractivity contribution in [2.45, 2.75) is 30.7 Å². The lowest BCUT2D eigenvalue weighted by atomic mass is 9.83. The second-order valence-corrected chi connectivity index (χ2v) is 7.14. The average molecular weight is 313 g/mol. The zero-order valence-corrected chi connectivity index (χ0v) is 12.8. The van der Waals surface area contributed by atoms with E-state index in [-0.39, 0.29) is 22.5 Å². The Morgan fingerprint density at radius 2 is 2.15 bits per heavy atom. The summed E-state index contributed by atoms with van der Waals surface area (Å²) in [5, 5.41) is 0.175. The number of halogens is 1. The predicted octanol–water partition coefficient (Wildman–Crippen LogP) is 1.73.